The SMILES string of the molecule is CCOC(=O)c1ccc(N)c(C(O)C(O)CCNC(=O)OCc2ccccc2)c1. The smallest absolute Gasteiger partial charge is 0.407 e. The highest BCUT2D eigenvalue weighted by Crippen LogP contribution is 2.26. The molecule has 0 aliphatic carbocycles. The van der Waals surface area contributed by atoms with Crippen molar-refractivity contribution in [3.63, 3.8) is 0 Å². The number of nitrogens with one attached hydrogen (secondary N) is 1. The van der Waals surface area contributed by atoms with Gasteiger partial charge in [-0.3, -0.25) is 0 Å². The number of benzene rings is 2. The van der Waals surface area contributed by atoms with E-state index >= 15 is 0 Å². The number of aliphatic hydroxyl groups excluding tert-OH is 2. The predicted octanol–water partition coefficient (Wildman–Crippen LogP) is 2.16. The molecular weight excluding hydrogens is 376 g/mol. The zero-order valence-corrected chi connectivity index (χ0v) is 16.2. The molecule has 0 aromatic heterocycles. The zero-order valence-electron chi connectivity index (χ0n) is 16.2. The van der Waals surface area contributed by atoms with Crippen LogP contribution in [-0.2, 0) is 16.1 Å². The molecule has 0 saturated heterocycles. The molecule has 0 heterocycles. The van der Waals surface area contributed by atoms with Crippen molar-refractivity contribution in [2.45, 2.75) is 32.2 Å². The number of nitrogens with two attached hydrogens (primary N) is 1. The van der Waals surface area contributed by atoms with Gasteiger partial charge < -0.3 is 30.7 Å². The minimum absolute atomic E-state index is 0.0602. The second-order valence-electron chi connectivity index (χ2n) is 6.35. The van der Waals surface area contributed by atoms with Crippen molar-refractivity contribution in [1.82, 2.24) is 5.32 Å². The summed E-state index contributed by atoms with van der Waals surface area (Å²) in [5, 5.41) is 23.1. The van der Waals surface area contributed by atoms with E-state index in [1.807, 2.05) is 30.3 Å². The van der Waals surface area contributed by atoms with Crippen molar-refractivity contribution in [2.24, 2.45) is 0 Å². The van der Waals surface area contributed by atoms with E-state index in [1.54, 1.807) is 6.92 Å². The maximum absolute atomic E-state index is 11.8. The molecule has 29 heavy (non-hydrogen) atoms. The van der Waals surface area contributed by atoms with Crippen molar-refractivity contribution in [1.29, 1.82) is 0 Å². The van der Waals surface area contributed by atoms with Crippen molar-refractivity contribution in [3.05, 3.63) is 65.2 Å². The van der Waals surface area contributed by atoms with Crippen molar-refractivity contribution >= 4 is 17.7 Å². The number of ether oxygens (including phenoxy) is 2. The Kier molecular flexibility index (Phi) is 8.45. The first-order chi connectivity index (χ1) is 13.9. The van der Waals surface area contributed by atoms with Crippen LogP contribution in [0.25, 0.3) is 0 Å². The molecule has 0 radical (unpaired) electrons. The molecule has 8 nitrogen and oxygen atoms in total. The first kappa shape index (κ1) is 22.2. The average molecular weight is 402 g/mol. The maximum Gasteiger partial charge on any atom is 0.407 e. The number of amides is 1. The molecule has 2 unspecified atom stereocenters. The number of alkyl carbamates (subject to hydrolysis) is 1. The molecular formula is C21H26N2O6. The second kappa shape index (κ2) is 11.0. The van der Waals surface area contributed by atoms with Gasteiger partial charge in [0, 0.05) is 17.8 Å². The van der Waals surface area contributed by atoms with Gasteiger partial charge in [-0.2, -0.15) is 0 Å². The van der Waals surface area contributed by atoms with E-state index in [0.717, 1.165) is 5.56 Å². The molecule has 5 N–H and O–H groups in total. The summed E-state index contributed by atoms with van der Waals surface area (Å²) in [5.41, 5.74) is 7.40. The summed E-state index contributed by atoms with van der Waals surface area (Å²) in [6.45, 7) is 2.13. The summed E-state index contributed by atoms with van der Waals surface area (Å²) >= 11 is 0. The zero-order chi connectivity index (χ0) is 21.2. The third-order valence-corrected chi connectivity index (χ3v) is 4.20. The van der Waals surface area contributed by atoms with Crippen molar-refractivity contribution in [3.8, 4) is 0 Å². The van der Waals surface area contributed by atoms with Gasteiger partial charge in [0.1, 0.15) is 12.7 Å². The number of anilines is 1. The third kappa shape index (κ3) is 6.78. The van der Waals surface area contributed by atoms with E-state index in [0.29, 0.717) is 0 Å². The molecule has 0 bridgehead atoms. The lowest BCUT2D eigenvalue weighted by Crippen LogP contribution is -2.30. The molecule has 2 atom stereocenters. The Morgan fingerprint density at radius 1 is 1.10 bits per heavy atom. The number of rotatable bonds is 9. The predicted molar refractivity (Wildman–Crippen MR) is 107 cm³/mol. The minimum Gasteiger partial charge on any atom is -0.462 e. The number of hydrogen-bond acceptors (Lipinski definition) is 7. The van der Waals surface area contributed by atoms with Crippen LogP contribution < -0.4 is 11.1 Å². The van der Waals surface area contributed by atoms with Crippen LogP contribution in [0.5, 0.6) is 0 Å². The Labute approximate surface area is 169 Å². The number of carbonyl (C=O) groups is 2. The fourth-order valence-electron chi connectivity index (χ4n) is 2.63. The summed E-state index contributed by atoms with van der Waals surface area (Å²) < 4.78 is 10.00. The van der Waals surface area contributed by atoms with Gasteiger partial charge in [-0.15, -0.1) is 0 Å². The summed E-state index contributed by atoms with van der Waals surface area (Å²) in [6.07, 6.45) is -3.10. The van der Waals surface area contributed by atoms with Gasteiger partial charge in [0.25, 0.3) is 0 Å². The molecule has 156 valence electrons. The van der Waals surface area contributed by atoms with E-state index in [1.165, 1.54) is 18.2 Å². The molecule has 8 heteroatoms. The van der Waals surface area contributed by atoms with E-state index in [2.05, 4.69) is 5.32 Å². The minimum atomic E-state index is -1.33. The summed E-state index contributed by atoms with van der Waals surface area (Å²) in [5.74, 6) is -0.543. The van der Waals surface area contributed by atoms with Crippen LogP contribution in [0.4, 0.5) is 10.5 Å². The van der Waals surface area contributed by atoms with Crippen LogP contribution in [0.3, 0.4) is 0 Å². The first-order valence-corrected chi connectivity index (χ1v) is 9.29. The van der Waals surface area contributed by atoms with E-state index < -0.39 is 24.3 Å². The fraction of sp³-hybridized carbons (Fsp3) is 0.333. The molecule has 2 aromatic carbocycles. The lowest BCUT2D eigenvalue weighted by atomic mass is 9.98. The molecule has 2 rings (SSSR count). The van der Waals surface area contributed by atoms with Crippen LogP contribution >= 0.6 is 0 Å². The molecule has 0 aliphatic heterocycles. The van der Waals surface area contributed by atoms with Gasteiger partial charge in [-0.25, -0.2) is 9.59 Å². The Hall–Kier alpha value is -3.10. The van der Waals surface area contributed by atoms with Crippen LogP contribution in [0.2, 0.25) is 0 Å². The lowest BCUT2D eigenvalue weighted by molar-refractivity contribution is 0.0139. The number of hydrogen-bond donors (Lipinski definition) is 4. The molecule has 0 aliphatic rings. The van der Waals surface area contributed by atoms with Gasteiger partial charge in [0.15, 0.2) is 0 Å². The van der Waals surface area contributed by atoms with Gasteiger partial charge in [-0.05, 0) is 37.1 Å². The molecule has 1 amide bonds. The van der Waals surface area contributed by atoms with Crippen LogP contribution in [-0.4, -0.2) is 41.5 Å². The highest BCUT2D eigenvalue weighted by molar-refractivity contribution is 5.90. The van der Waals surface area contributed by atoms with Crippen molar-refractivity contribution in [2.75, 3.05) is 18.9 Å². The number of aliphatic hydroxyl groups is 2. The number of esters is 1. The van der Waals surface area contributed by atoms with Gasteiger partial charge in [-0.1, -0.05) is 30.3 Å². The van der Waals surface area contributed by atoms with Gasteiger partial charge >= 0.3 is 12.1 Å². The van der Waals surface area contributed by atoms with Crippen molar-refractivity contribution < 1.29 is 29.3 Å². The average Bonchev–Trinajstić information content (AvgIpc) is 2.73. The number of carbonyl (C=O) groups excluding carboxylic acids is 2. The monoisotopic (exact) mass is 402 g/mol. The molecule has 0 spiro atoms. The standard InChI is InChI=1S/C21H26N2O6/c1-2-28-20(26)15-8-9-17(22)16(12-15)19(25)18(24)10-11-23-21(27)29-13-14-6-4-3-5-7-14/h3-9,12,18-19,24-25H,2,10-11,13,22H2,1H3,(H,23,27). The first-order valence-electron chi connectivity index (χ1n) is 9.29. The maximum atomic E-state index is 11.8. The quantitative estimate of drug-likeness (QED) is 0.373. The Morgan fingerprint density at radius 3 is 2.52 bits per heavy atom. The lowest BCUT2D eigenvalue weighted by Gasteiger charge is -2.20. The Balaban J connectivity index is 1.84. The van der Waals surface area contributed by atoms with Crippen LogP contribution in [0.1, 0.15) is 40.9 Å². The molecule has 0 fully saturated rings. The molecule has 0 saturated carbocycles. The van der Waals surface area contributed by atoms with E-state index in [-0.39, 0.29) is 43.0 Å². The van der Waals surface area contributed by atoms with Gasteiger partial charge in [0.2, 0.25) is 0 Å². The summed E-state index contributed by atoms with van der Waals surface area (Å²) in [4.78, 5) is 23.6. The largest absolute Gasteiger partial charge is 0.462 e. The van der Waals surface area contributed by atoms with Gasteiger partial charge in [0.05, 0.1) is 18.3 Å². The highest BCUT2D eigenvalue weighted by atomic mass is 16.5. The van der Waals surface area contributed by atoms with E-state index in [4.69, 9.17) is 15.2 Å². The normalized spacial score (nSPS) is 12.7. The van der Waals surface area contributed by atoms with Crippen LogP contribution in [0, 0.1) is 0 Å². The summed E-state index contributed by atoms with van der Waals surface area (Å²) in [6, 6.07) is 13.6. The Morgan fingerprint density at radius 2 is 1.83 bits per heavy atom. The summed E-state index contributed by atoms with van der Waals surface area (Å²) in [7, 11) is 0. The van der Waals surface area contributed by atoms with Crippen LogP contribution in [0.15, 0.2) is 48.5 Å². The second-order valence-corrected chi connectivity index (χ2v) is 6.35. The fourth-order valence-corrected chi connectivity index (χ4v) is 2.63. The highest BCUT2D eigenvalue weighted by Gasteiger charge is 2.22. The van der Waals surface area contributed by atoms with E-state index in [9.17, 15) is 19.8 Å². The Bertz CT molecular complexity index is 812. The number of nitrogen functional groups attached to an aromatic ring is 1. The molecule has 2 aromatic rings. The third-order valence-electron chi connectivity index (χ3n) is 4.20. The topological polar surface area (TPSA) is 131 Å².